The summed E-state index contributed by atoms with van der Waals surface area (Å²) in [5, 5.41) is 10.0. The van der Waals surface area contributed by atoms with Crippen molar-refractivity contribution in [1.82, 2.24) is 4.57 Å². The summed E-state index contributed by atoms with van der Waals surface area (Å²) in [4.78, 5) is 0. The van der Waals surface area contributed by atoms with Crippen LogP contribution in [0.15, 0.2) is 150 Å². The Kier molecular flexibility index (Phi) is 5.99. The molecule has 3 heterocycles. The lowest BCUT2D eigenvalue weighted by atomic mass is 9.73. The summed E-state index contributed by atoms with van der Waals surface area (Å²) in [6.45, 7) is 4.89. The van der Waals surface area contributed by atoms with Crippen LogP contribution >= 0.6 is 11.3 Å². The van der Waals surface area contributed by atoms with Crippen LogP contribution in [-0.2, 0) is 11.8 Å². The summed E-state index contributed by atoms with van der Waals surface area (Å²) in [5.74, 6) is 0. The van der Waals surface area contributed by atoms with Crippen molar-refractivity contribution in [1.29, 1.82) is 0 Å². The molecule has 0 aliphatic heterocycles. The van der Waals surface area contributed by atoms with E-state index in [9.17, 15) is 0 Å². The highest BCUT2D eigenvalue weighted by Gasteiger charge is 2.37. The van der Waals surface area contributed by atoms with Crippen LogP contribution in [0.3, 0.4) is 0 Å². The van der Waals surface area contributed by atoms with Gasteiger partial charge in [-0.25, -0.2) is 0 Å². The molecule has 0 N–H and O–H groups in total. The van der Waals surface area contributed by atoms with E-state index in [2.05, 4.69) is 170 Å². The van der Waals surface area contributed by atoms with E-state index in [1.165, 1.54) is 103 Å². The topological polar surface area (TPSA) is 18.1 Å². The largest absolute Gasteiger partial charge is 0.456 e. The van der Waals surface area contributed by atoms with Crippen LogP contribution in [0.1, 0.15) is 42.5 Å². The minimum absolute atomic E-state index is 0.355. The Labute approximate surface area is 327 Å². The summed E-state index contributed by atoms with van der Waals surface area (Å²) in [6.07, 6.45) is 6.83. The molecule has 2 nitrogen and oxygen atoms in total. The van der Waals surface area contributed by atoms with Crippen LogP contribution in [-0.4, -0.2) is 4.57 Å². The Morgan fingerprint density at radius 2 is 1.34 bits per heavy atom. The first kappa shape index (κ1) is 30.9. The van der Waals surface area contributed by atoms with Gasteiger partial charge in [0, 0.05) is 52.8 Å². The molecular weight excluding hydrogens is 699 g/mol. The van der Waals surface area contributed by atoms with Crippen LogP contribution in [0.25, 0.3) is 109 Å². The van der Waals surface area contributed by atoms with Crippen molar-refractivity contribution in [3.8, 4) is 27.9 Å². The molecule has 8 aromatic carbocycles. The first-order valence-corrected chi connectivity index (χ1v) is 20.5. The maximum atomic E-state index is 6.81. The molecule has 0 spiro atoms. The van der Waals surface area contributed by atoms with Crippen molar-refractivity contribution in [2.75, 3.05) is 0 Å². The molecule has 0 fully saturated rings. The van der Waals surface area contributed by atoms with Crippen LogP contribution in [0.4, 0.5) is 0 Å². The van der Waals surface area contributed by atoms with Gasteiger partial charge < -0.3 is 8.98 Å². The molecule has 0 unspecified atom stereocenters. The number of aromatic nitrogens is 1. The fourth-order valence-corrected chi connectivity index (χ4v) is 11.7. The predicted octanol–water partition coefficient (Wildman–Crippen LogP) is 15.1. The van der Waals surface area contributed by atoms with E-state index < -0.39 is 0 Å². The summed E-state index contributed by atoms with van der Waals surface area (Å²) in [7, 11) is 0. The SMILES string of the molecule is CC1(C)c2cc3oc4cc5ccccc5cc4c3cc2-c2cc3c4ccccc4n(-c4ccccc4)c3cc2-c2ccc3sc4c5c(ccc4c3c21)C=CCC5. The molecule has 264 valence electrons. The Hall–Kier alpha value is -6.42. The third-order valence-electron chi connectivity index (χ3n) is 13.0. The molecule has 0 radical (unpaired) electrons. The van der Waals surface area contributed by atoms with E-state index in [1.807, 2.05) is 11.3 Å². The Bertz CT molecular complexity index is 3550. The first-order chi connectivity index (χ1) is 27.5. The second-order valence-electron chi connectivity index (χ2n) is 16.3. The Balaban J connectivity index is 1.21. The van der Waals surface area contributed by atoms with Crippen molar-refractivity contribution in [3.05, 3.63) is 168 Å². The standard InChI is InChI=1S/C53H35NOS/c1-53(2)44-29-48-43(42-24-31-13-6-7-14-32(31)25-47(42)55-48)27-40(44)38-26-41-35-18-10-11-19-45(35)54(33-15-4-3-5-16-33)46(41)28-39(38)36-22-23-49-50(51(36)53)37-21-20-30-12-8-9-17-34(30)52(37)56-49/h3-8,10-16,18-29H,9,17H2,1-2H3. The maximum absolute atomic E-state index is 6.81. The van der Waals surface area contributed by atoms with Crippen molar-refractivity contribution in [2.24, 2.45) is 0 Å². The number of benzene rings is 8. The molecule has 0 saturated carbocycles. The van der Waals surface area contributed by atoms with Crippen LogP contribution in [0, 0.1) is 0 Å². The zero-order chi connectivity index (χ0) is 36.9. The van der Waals surface area contributed by atoms with E-state index >= 15 is 0 Å². The highest BCUT2D eigenvalue weighted by Crippen LogP contribution is 2.56. The monoisotopic (exact) mass is 733 g/mol. The minimum atomic E-state index is -0.355. The van der Waals surface area contributed by atoms with Crippen molar-refractivity contribution >= 4 is 92.1 Å². The van der Waals surface area contributed by atoms with Gasteiger partial charge >= 0.3 is 0 Å². The van der Waals surface area contributed by atoms with E-state index in [0.717, 1.165) is 34.8 Å². The van der Waals surface area contributed by atoms with Gasteiger partial charge in [-0.1, -0.05) is 105 Å². The van der Waals surface area contributed by atoms with Crippen LogP contribution in [0.2, 0.25) is 0 Å². The van der Waals surface area contributed by atoms with Gasteiger partial charge in [0.1, 0.15) is 11.2 Å². The fraction of sp³-hybridized carbons (Fsp3) is 0.0943. The number of allylic oxidation sites excluding steroid dienone is 1. The molecule has 11 aromatic rings. The van der Waals surface area contributed by atoms with Crippen molar-refractivity contribution < 1.29 is 4.42 Å². The van der Waals surface area contributed by atoms with Gasteiger partial charge in [-0.2, -0.15) is 0 Å². The molecular formula is C53H35NOS. The number of fused-ring (bicyclic) bond motifs is 18. The predicted molar refractivity (Wildman–Crippen MR) is 239 cm³/mol. The number of furan rings is 1. The van der Waals surface area contributed by atoms with Gasteiger partial charge in [0.25, 0.3) is 0 Å². The zero-order valence-electron chi connectivity index (χ0n) is 31.1. The lowest BCUT2D eigenvalue weighted by Crippen LogP contribution is -2.20. The third kappa shape index (κ3) is 4.00. The van der Waals surface area contributed by atoms with E-state index in [0.29, 0.717) is 0 Å². The summed E-state index contributed by atoms with van der Waals surface area (Å²) >= 11 is 1.97. The number of hydrogen-bond acceptors (Lipinski definition) is 2. The second-order valence-corrected chi connectivity index (χ2v) is 17.4. The zero-order valence-corrected chi connectivity index (χ0v) is 31.9. The van der Waals surface area contributed by atoms with Crippen molar-refractivity contribution in [3.63, 3.8) is 0 Å². The molecule has 0 atom stereocenters. The van der Waals surface area contributed by atoms with E-state index in [4.69, 9.17) is 4.42 Å². The molecule has 0 bridgehead atoms. The molecule has 3 aromatic heterocycles. The number of aryl methyl sites for hydroxylation is 1. The van der Waals surface area contributed by atoms with Gasteiger partial charge in [0.15, 0.2) is 0 Å². The smallest absolute Gasteiger partial charge is 0.136 e. The van der Waals surface area contributed by atoms with Crippen LogP contribution in [0.5, 0.6) is 0 Å². The molecule has 0 saturated heterocycles. The minimum Gasteiger partial charge on any atom is -0.456 e. The average molecular weight is 734 g/mol. The summed E-state index contributed by atoms with van der Waals surface area (Å²) in [5.41, 5.74) is 15.8. The molecule has 56 heavy (non-hydrogen) atoms. The summed E-state index contributed by atoms with van der Waals surface area (Å²) < 4.78 is 12.1. The molecule has 2 aliphatic rings. The second kappa shape index (κ2) is 10.9. The van der Waals surface area contributed by atoms with Gasteiger partial charge in [-0.15, -0.1) is 11.3 Å². The fourth-order valence-electron chi connectivity index (χ4n) is 10.4. The van der Waals surface area contributed by atoms with Crippen molar-refractivity contribution in [2.45, 2.75) is 32.1 Å². The quantitative estimate of drug-likeness (QED) is 0.164. The van der Waals surface area contributed by atoms with Gasteiger partial charge in [-0.3, -0.25) is 0 Å². The van der Waals surface area contributed by atoms with E-state index in [-0.39, 0.29) is 5.41 Å². The maximum Gasteiger partial charge on any atom is 0.136 e. The number of thiophene rings is 1. The average Bonchev–Trinajstić information content (AvgIpc) is 3.89. The van der Waals surface area contributed by atoms with Gasteiger partial charge in [0.2, 0.25) is 0 Å². The van der Waals surface area contributed by atoms with E-state index in [1.54, 1.807) is 0 Å². The summed E-state index contributed by atoms with van der Waals surface area (Å²) in [6, 6.07) is 52.3. The number of para-hydroxylation sites is 2. The molecule has 2 aliphatic carbocycles. The normalized spacial score (nSPS) is 14.5. The Morgan fingerprint density at radius 3 is 2.23 bits per heavy atom. The third-order valence-corrected chi connectivity index (χ3v) is 14.2. The highest BCUT2D eigenvalue weighted by molar-refractivity contribution is 7.26. The number of rotatable bonds is 1. The molecule has 13 rings (SSSR count). The van der Waals surface area contributed by atoms with Crippen LogP contribution < -0.4 is 0 Å². The van der Waals surface area contributed by atoms with Gasteiger partial charge in [0.05, 0.1) is 11.0 Å². The highest BCUT2D eigenvalue weighted by atomic mass is 32.1. The molecule has 3 heteroatoms. The Morgan fingerprint density at radius 1 is 0.589 bits per heavy atom. The number of hydrogen-bond donors (Lipinski definition) is 0. The molecule has 0 amide bonds. The van der Waals surface area contributed by atoms with Gasteiger partial charge in [-0.05, 0) is 129 Å². The lowest BCUT2D eigenvalue weighted by Gasteiger charge is -2.29. The first-order valence-electron chi connectivity index (χ1n) is 19.7. The number of nitrogens with zero attached hydrogens (tertiary/aromatic N) is 1. The lowest BCUT2D eigenvalue weighted by molar-refractivity contribution is 0.642.